The Balaban J connectivity index is 1.81. The molecule has 0 amide bonds. The van der Waals surface area contributed by atoms with E-state index in [2.05, 4.69) is 16.0 Å². The van der Waals surface area contributed by atoms with Crippen LogP contribution in [0, 0.1) is 11.3 Å². The molecule has 3 heterocycles. The van der Waals surface area contributed by atoms with Crippen molar-refractivity contribution in [3.8, 4) is 22.2 Å². The van der Waals surface area contributed by atoms with Crippen molar-refractivity contribution in [1.82, 2.24) is 14.5 Å². The number of pyridine rings is 1. The zero-order valence-corrected chi connectivity index (χ0v) is 15.7. The van der Waals surface area contributed by atoms with Crippen molar-refractivity contribution in [2.45, 2.75) is 0 Å². The standard InChI is InChI=1S/C22H12N4O2S/c23-10-13-5-1-4-8-16(13)19-9-17-20(29-19)21(27)26(22(28)25-17)18-12-24-11-14-6-2-3-7-15(14)18/h1-9,11-12H,(H,25,28). The van der Waals surface area contributed by atoms with Crippen molar-refractivity contribution < 1.29 is 0 Å². The maximum absolute atomic E-state index is 13.3. The first-order valence-electron chi connectivity index (χ1n) is 8.79. The first-order valence-corrected chi connectivity index (χ1v) is 9.60. The molecule has 0 spiro atoms. The number of nitriles is 1. The minimum Gasteiger partial charge on any atom is -0.306 e. The highest BCUT2D eigenvalue weighted by atomic mass is 32.1. The first-order chi connectivity index (χ1) is 14.2. The maximum atomic E-state index is 13.3. The topological polar surface area (TPSA) is 91.5 Å². The predicted octanol–water partition coefficient (Wildman–Crippen LogP) is 3.83. The van der Waals surface area contributed by atoms with E-state index in [0.29, 0.717) is 21.5 Å². The number of H-pyrrole nitrogens is 1. The number of hydrogen-bond donors (Lipinski definition) is 1. The number of hydrogen-bond acceptors (Lipinski definition) is 5. The van der Waals surface area contributed by atoms with Crippen LogP contribution in [0.3, 0.4) is 0 Å². The van der Waals surface area contributed by atoms with E-state index in [4.69, 9.17) is 0 Å². The molecule has 0 saturated heterocycles. The normalized spacial score (nSPS) is 11.0. The number of aromatic amines is 1. The van der Waals surface area contributed by atoms with E-state index in [1.54, 1.807) is 24.4 Å². The van der Waals surface area contributed by atoms with Gasteiger partial charge in [0.2, 0.25) is 0 Å². The molecule has 0 bridgehead atoms. The third kappa shape index (κ3) is 2.66. The van der Waals surface area contributed by atoms with Crippen molar-refractivity contribution in [3.05, 3.63) is 93.4 Å². The van der Waals surface area contributed by atoms with Crippen LogP contribution >= 0.6 is 11.3 Å². The molecule has 138 valence electrons. The number of benzene rings is 2. The van der Waals surface area contributed by atoms with Crippen LogP contribution in [0.5, 0.6) is 0 Å². The largest absolute Gasteiger partial charge is 0.333 e. The van der Waals surface area contributed by atoms with Crippen LogP contribution in [0.2, 0.25) is 0 Å². The molecule has 0 atom stereocenters. The van der Waals surface area contributed by atoms with Gasteiger partial charge in [-0.05, 0) is 12.1 Å². The Hall–Kier alpha value is -4.02. The zero-order chi connectivity index (χ0) is 20.0. The lowest BCUT2D eigenvalue weighted by molar-refractivity contribution is 0.905. The van der Waals surface area contributed by atoms with E-state index in [1.807, 2.05) is 36.4 Å². The number of thiophene rings is 1. The summed E-state index contributed by atoms with van der Waals surface area (Å²) in [5.41, 5.74) is 1.20. The lowest BCUT2D eigenvalue weighted by Crippen LogP contribution is -2.33. The van der Waals surface area contributed by atoms with Crippen LogP contribution in [-0.2, 0) is 0 Å². The summed E-state index contributed by atoms with van der Waals surface area (Å²) in [7, 11) is 0. The maximum Gasteiger partial charge on any atom is 0.333 e. The summed E-state index contributed by atoms with van der Waals surface area (Å²) in [6, 6.07) is 18.5. The molecular formula is C22H12N4O2S. The molecule has 0 saturated carbocycles. The number of fused-ring (bicyclic) bond motifs is 2. The fraction of sp³-hybridized carbons (Fsp3) is 0. The third-order valence-electron chi connectivity index (χ3n) is 4.78. The zero-order valence-electron chi connectivity index (χ0n) is 14.9. The van der Waals surface area contributed by atoms with Gasteiger partial charge in [0.1, 0.15) is 4.70 Å². The van der Waals surface area contributed by atoms with E-state index >= 15 is 0 Å². The summed E-state index contributed by atoms with van der Waals surface area (Å²) < 4.78 is 1.54. The van der Waals surface area contributed by atoms with Crippen LogP contribution in [0.25, 0.3) is 37.1 Å². The minimum atomic E-state index is -0.529. The van der Waals surface area contributed by atoms with Crippen molar-refractivity contribution in [3.63, 3.8) is 0 Å². The Morgan fingerprint density at radius 2 is 1.83 bits per heavy atom. The van der Waals surface area contributed by atoms with E-state index in [0.717, 1.165) is 25.8 Å². The van der Waals surface area contributed by atoms with Gasteiger partial charge in [-0.1, -0.05) is 42.5 Å². The van der Waals surface area contributed by atoms with Gasteiger partial charge in [0.25, 0.3) is 5.56 Å². The Morgan fingerprint density at radius 3 is 2.69 bits per heavy atom. The smallest absolute Gasteiger partial charge is 0.306 e. The van der Waals surface area contributed by atoms with Gasteiger partial charge in [0.15, 0.2) is 0 Å². The van der Waals surface area contributed by atoms with Crippen LogP contribution in [0.1, 0.15) is 5.56 Å². The molecule has 0 fully saturated rings. The molecule has 7 heteroatoms. The van der Waals surface area contributed by atoms with Crippen LogP contribution in [0.15, 0.2) is 76.6 Å². The lowest BCUT2D eigenvalue weighted by Gasteiger charge is -2.07. The molecule has 0 aliphatic heterocycles. The van der Waals surface area contributed by atoms with Gasteiger partial charge in [-0.3, -0.25) is 9.78 Å². The highest BCUT2D eigenvalue weighted by molar-refractivity contribution is 7.22. The quantitative estimate of drug-likeness (QED) is 0.491. The van der Waals surface area contributed by atoms with Crippen LogP contribution in [0.4, 0.5) is 0 Å². The first kappa shape index (κ1) is 17.1. The van der Waals surface area contributed by atoms with Crippen molar-refractivity contribution in [2.75, 3.05) is 0 Å². The molecule has 29 heavy (non-hydrogen) atoms. The predicted molar refractivity (Wildman–Crippen MR) is 113 cm³/mol. The van der Waals surface area contributed by atoms with E-state index < -0.39 is 11.2 Å². The van der Waals surface area contributed by atoms with Crippen molar-refractivity contribution in [1.29, 1.82) is 5.26 Å². The minimum absolute atomic E-state index is 0.410. The molecule has 0 aliphatic carbocycles. The van der Waals surface area contributed by atoms with Crippen molar-refractivity contribution >= 4 is 32.3 Å². The second kappa shape index (κ2) is 6.55. The van der Waals surface area contributed by atoms with Gasteiger partial charge >= 0.3 is 5.69 Å². The van der Waals surface area contributed by atoms with Gasteiger partial charge < -0.3 is 4.98 Å². The summed E-state index contributed by atoms with van der Waals surface area (Å²) in [4.78, 5) is 33.8. The molecule has 0 unspecified atom stereocenters. The molecule has 6 nitrogen and oxygen atoms in total. The molecule has 5 aromatic rings. The average molecular weight is 396 g/mol. The van der Waals surface area contributed by atoms with E-state index in [9.17, 15) is 14.9 Å². The number of rotatable bonds is 2. The van der Waals surface area contributed by atoms with Crippen LogP contribution in [-0.4, -0.2) is 14.5 Å². The van der Waals surface area contributed by atoms with Crippen LogP contribution < -0.4 is 11.2 Å². The molecule has 0 radical (unpaired) electrons. The summed E-state index contributed by atoms with van der Waals surface area (Å²) in [5.74, 6) is 0. The van der Waals surface area contributed by atoms with Crippen molar-refractivity contribution in [2.24, 2.45) is 0 Å². The molecular weight excluding hydrogens is 384 g/mol. The monoisotopic (exact) mass is 396 g/mol. The number of nitrogens with zero attached hydrogens (tertiary/aromatic N) is 3. The Labute approximate surface area is 167 Å². The summed E-state index contributed by atoms with van der Waals surface area (Å²) in [5, 5.41) is 11.0. The summed E-state index contributed by atoms with van der Waals surface area (Å²) >= 11 is 1.25. The lowest BCUT2D eigenvalue weighted by atomic mass is 10.1. The highest BCUT2D eigenvalue weighted by Crippen LogP contribution is 2.32. The molecule has 5 rings (SSSR count). The Bertz CT molecular complexity index is 1560. The van der Waals surface area contributed by atoms with E-state index in [-0.39, 0.29) is 0 Å². The summed E-state index contributed by atoms with van der Waals surface area (Å²) in [6.07, 6.45) is 3.21. The number of nitrogens with one attached hydrogen (secondary N) is 1. The summed E-state index contributed by atoms with van der Waals surface area (Å²) in [6.45, 7) is 0. The molecule has 2 aromatic carbocycles. The SMILES string of the molecule is N#Cc1ccccc1-c1cc2[nH]c(=O)n(-c3cncc4ccccc34)c(=O)c2s1. The fourth-order valence-electron chi connectivity index (χ4n) is 3.43. The molecule has 3 aromatic heterocycles. The third-order valence-corrected chi connectivity index (χ3v) is 5.93. The second-order valence-electron chi connectivity index (χ2n) is 6.46. The molecule has 0 aliphatic rings. The van der Waals surface area contributed by atoms with Gasteiger partial charge in [-0.2, -0.15) is 5.26 Å². The molecule has 1 N–H and O–H groups in total. The Kier molecular flexibility index (Phi) is 3.86. The Morgan fingerprint density at radius 1 is 1.03 bits per heavy atom. The number of aromatic nitrogens is 3. The fourth-order valence-corrected chi connectivity index (χ4v) is 4.52. The van der Waals surface area contributed by atoms with Gasteiger partial charge in [-0.25, -0.2) is 9.36 Å². The van der Waals surface area contributed by atoms with Gasteiger partial charge in [0.05, 0.1) is 29.0 Å². The van der Waals surface area contributed by atoms with E-state index in [1.165, 1.54) is 17.5 Å². The van der Waals surface area contributed by atoms with Gasteiger partial charge in [0, 0.05) is 27.4 Å². The highest BCUT2D eigenvalue weighted by Gasteiger charge is 2.16. The van der Waals surface area contributed by atoms with Gasteiger partial charge in [-0.15, -0.1) is 11.3 Å². The average Bonchev–Trinajstić information content (AvgIpc) is 3.18. The second-order valence-corrected chi connectivity index (χ2v) is 7.51.